The summed E-state index contributed by atoms with van der Waals surface area (Å²) in [6.07, 6.45) is 1.68. The van der Waals surface area contributed by atoms with Gasteiger partial charge in [0.25, 0.3) is 0 Å². The maximum atomic E-state index is 12.4. The second-order valence-electron chi connectivity index (χ2n) is 6.84. The number of imidazole rings is 1. The first-order valence-electron chi connectivity index (χ1n) is 9.41. The molecule has 4 rings (SSSR count). The van der Waals surface area contributed by atoms with E-state index in [-0.39, 0.29) is 11.7 Å². The number of nitrogens with zero attached hydrogens (tertiary/aromatic N) is 4. The van der Waals surface area contributed by atoms with Crippen molar-refractivity contribution in [1.29, 1.82) is 0 Å². The Bertz CT molecular complexity index is 1180. The van der Waals surface area contributed by atoms with Gasteiger partial charge in [0.15, 0.2) is 11.0 Å². The number of carbonyl (C=O) groups is 1. The highest BCUT2D eigenvalue weighted by atomic mass is 32.2. The van der Waals surface area contributed by atoms with Gasteiger partial charge in [-0.25, -0.2) is 4.98 Å². The molecule has 7 nitrogen and oxygen atoms in total. The van der Waals surface area contributed by atoms with Gasteiger partial charge < -0.3 is 14.9 Å². The zero-order valence-electron chi connectivity index (χ0n) is 16.6. The number of aromatic amines is 1. The summed E-state index contributed by atoms with van der Waals surface area (Å²) < 4.78 is 2.02. The van der Waals surface area contributed by atoms with Gasteiger partial charge in [0.1, 0.15) is 0 Å². The molecule has 0 saturated heterocycles. The average molecular weight is 407 g/mol. The molecule has 0 aliphatic carbocycles. The van der Waals surface area contributed by atoms with E-state index in [9.17, 15) is 4.79 Å². The van der Waals surface area contributed by atoms with E-state index in [4.69, 9.17) is 0 Å². The summed E-state index contributed by atoms with van der Waals surface area (Å²) in [5, 5.41) is 12.4. The lowest BCUT2D eigenvalue weighted by Crippen LogP contribution is -2.15. The highest BCUT2D eigenvalue weighted by Gasteiger charge is 2.15. The monoisotopic (exact) mass is 406 g/mol. The van der Waals surface area contributed by atoms with Crippen molar-refractivity contribution in [2.75, 3.05) is 11.1 Å². The number of nitrogens with one attached hydrogen (secondary N) is 2. The van der Waals surface area contributed by atoms with Crippen LogP contribution in [-0.2, 0) is 11.3 Å². The van der Waals surface area contributed by atoms with Crippen LogP contribution in [-0.4, -0.2) is 36.4 Å². The van der Waals surface area contributed by atoms with Gasteiger partial charge in [0, 0.05) is 17.8 Å². The SMILES string of the molecule is CCn1c(SCC(=O)Nc2ccc(C)cc2C)nnc1-c1ccc2nc[nH]c2c1. The minimum Gasteiger partial charge on any atom is -0.345 e. The Kier molecular flexibility index (Phi) is 5.35. The first-order chi connectivity index (χ1) is 14.0. The smallest absolute Gasteiger partial charge is 0.234 e. The van der Waals surface area contributed by atoms with Gasteiger partial charge >= 0.3 is 0 Å². The molecular weight excluding hydrogens is 384 g/mol. The van der Waals surface area contributed by atoms with Gasteiger partial charge in [0.2, 0.25) is 5.91 Å². The van der Waals surface area contributed by atoms with Crippen molar-refractivity contribution in [3.63, 3.8) is 0 Å². The lowest BCUT2D eigenvalue weighted by Gasteiger charge is -2.10. The predicted molar refractivity (Wildman–Crippen MR) is 116 cm³/mol. The Balaban J connectivity index is 1.48. The van der Waals surface area contributed by atoms with Gasteiger partial charge in [-0.1, -0.05) is 29.5 Å². The summed E-state index contributed by atoms with van der Waals surface area (Å²) in [6.45, 7) is 6.78. The molecule has 2 N–H and O–H groups in total. The number of thioether (sulfide) groups is 1. The number of hydrogen-bond donors (Lipinski definition) is 2. The van der Waals surface area contributed by atoms with Crippen LogP contribution in [0.5, 0.6) is 0 Å². The van der Waals surface area contributed by atoms with Crippen molar-refractivity contribution in [2.45, 2.75) is 32.5 Å². The maximum absolute atomic E-state index is 12.4. The average Bonchev–Trinajstić information content (AvgIpc) is 3.34. The van der Waals surface area contributed by atoms with Gasteiger partial charge in [-0.3, -0.25) is 4.79 Å². The molecule has 0 unspecified atom stereocenters. The van der Waals surface area contributed by atoms with Crippen LogP contribution in [0.1, 0.15) is 18.1 Å². The number of carbonyl (C=O) groups excluding carboxylic acids is 1. The van der Waals surface area contributed by atoms with Crippen molar-refractivity contribution in [1.82, 2.24) is 24.7 Å². The molecule has 0 radical (unpaired) electrons. The van der Waals surface area contributed by atoms with Crippen LogP contribution in [0.4, 0.5) is 5.69 Å². The van der Waals surface area contributed by atoms with E-state index in [0.717, 1.165) is 38.8 Å². The molecule has 148 valence electrons. The molecule has 2 aromatic heterocycles. The fourth-order valence-corrected chi connectivity index (χ4v) is 4.04. The number of aryl methyl sites for hydroxylation is 2. The van der Waals surface area contributed by atoms with Gasteiger partial charge in [-0.15, -0.1) is 10.2 Å². The molecule has 1 amide bonds. The summed E-state index contributed by atoms with van der Waals surface area (Å²) in [5.74, 6) is 0.986. The largest absolute Gasteiger partial charge is 0.345 e. The van der Waals surface area contributed by atoms with E-state index in [1.54, 1.807) is 6.33 Å². The summed E-state index contributed by atoms with van der Waals surface area (Å²) in [4.78, 5) is 19.8. The number of fused-ring (bicyclic) bond motifs is 1. The Labute approximate surface area is 173 Å². The predicted octanol–water partition coefficient (Wildman–Crippen LogP) is 4.19. The van der Waals surface area contributed by atoms with E-state index in [0.29, 0.717) is 6.54 Å². The molecular formula is C21H22N6OS. The molecule has 0 spiro atoms. The summed E-state index contributed by atoms with van der Waals surface area (Å²) in [5.41, 5.74) is 5.89. The molecule has 0 aliphatic rings. The second-order valence-corrected chi connectivity index (χ2v) is 7.78. The van der Waals surface area contributed by atoms with E-state index in [1.165, 1.54) is 17.3 Å². The summed E-state index contributed by atoms with van der Waals surface area (Å²) in [6, 6.07) is 11.9. The Morgan fingerprint density at radius 2 is 2.03 bits per heavy atom. The van der Waals surface area contributed by atoms with Gasteiger partial charge in [0.05, 0.1) is 23.1 Å². The third kappa shape index (κ3) is 4.02. The van der Waals surface area contributed by atoms with Crippen LogP contribution in [0.15, 0.2) is 47.9 Å². The minimum atomic E-state index is -0.0620. The fraction of sp³-hybridized carbons (Fsp3) is 0.238. The quantitative estimate of drug-likeness (QED) is 0.469. The molecule has 2 aromatic carbocycles. The van der Waals surface area contributed by atoms with Crippen LogP contribution in [0.25, 0.3) is 22.4 Å². The molecule has 0 saturated carbocycles. The highest BCUT2D eigenvalue weighted by Crippen LogP contribution is 2.26. The molecule has 0 bridgehead atoms. The molecule has 0 atom stereocenters. The summed E-state index contributed by atoms with van der Waals surface area (Å²) in [7, 11) is 0. The van der Waals surface area contributed by atoms with Crippen molar-refractivity contribution < 1.29 is 4.79 Å². The zero-order valence-corrected chi connectivity index (χ0v) is 17.4. The number of anilines is 1. The highest BCUT2D eigenvalue weighted by molar-refractivity contribution is 7.99. The van der Waals surface area contributed by atoms with Crippen LogP contribution < -0.4 is 5.32 Å². The van der Waals surface area contributed by atoms with Crippen molar-refractivity contribution in [3.05, 3.63) is 53.9 Å². The first kappa shape index (κ1) is 19.2. The minimum absolute atomic E-state index is 0.0620. The standard InChI is InChI=1S/C21H22N6OS/c1-4-27-20(15-6-8-17-18(10-15)23-12-22-17)25-26-21(27)29-11-19(28)24-16-7-5-13(2)9-14(16)3/h5-10,12H,4,11H2,1-3H3,(H,22,23)(H,24,28). The topological polar surface area (TPSA) is 88.5 Å². The van der Waals surface area contributed by atoms with E-state index >= 15 is 0 Å². The van der Waals surface area contributed by atoms with Crippen molar-refractivity contribution in [3.8, 4) is 11.4 Å². The number of rotatable bonds is 6. The maximum Gasteiger partial charge on any atom is 0.234 e. The Hall–Kier alpha value is -3.13. The number of benzene rings is 2. The van der Waals surface area contributed by atoms with Gasteiger partial charge in [-0.2, -0.15) is 0 Å². The number of hydrogen-bond acceptors (Lipinski definition) is 5. The summed E-state index contributed by atoms with van der Waals surface area (Å²) >= 11 is 1.39. The third-order valence-electron chi connectivity index (χ3n) is 4.70. The van der Waals surface area contributed by atoms with Crippen molar-refractivity contribution in [2.24, 2.45) is 0 Å². The molecule has 2 heterocycles. The van der Waals surface area contributed by atoms with E-state index < -0.39 is 0 Å². The van der Waals surface area contributed by atoms with E-state index in [2.05, 4.69) is 31.5 Å². The zero-order chi connectivity index (χ0) is 20.4. The van der Waals surface area contributed by atoms with Crippen LogP contribution >= 0.6 is 11.8 Å². The second kappa shape index (κ2) is 8.08. The number of H-pyrrole nitrogens is 1. The fourth-order valence-electron chi connectivity index (χ4n) is 3.24. The third-order valence-corrected chi connectivity index (χ3v) is 5.67. The Morgan fingerprint density at radius 3 is 2.83 bits per heavy atom. The molecule has 8 heteroatoms. The molecule has 29 heavy (non-hydrogen) atoms. The normalized spacial score (nSPS) is 11.1. The van der Waals surface area contributed by atoms with Gasteiger partial charge in [-0.05, 0) is 50.6 Å². The van der Waals surface area contributed by atoms with Crippen LogP contribution in [0.3, 0.4) is 0 Å². The lowest BCUT2D eigenvalue weighted by molar-refractivity contribution is -0.113. The molecule has 4 aromatic rings. The first-order valence-corrected chi connectivity index (χ1v) is 10.4. The number of aromatic nitrogens is 5. The van der Waals surface area contributed by atoms with Crippen LogP contribution in [0, 0.1) is 13.8 Å². The lowest BCUT2D eigenvalue weighted by atomic mass is 10.1. The van der Waals surface area contributed by atoms with Crippen LogP contribution in [0.2, 0.25) is 0 Å². The molecule has 0 aliphatic heterocycles. The van der Waals surface area contributed by atoms with Crippen molar-refractivity contribution >= 4 is 34.4 Å². The molecule has 0 fully saturated rings. The Morgan fingerprint density at radius 1 is 1.17 bits per heavy atom. The van der Waals surface area contributed by atoms with E-state index in [1.807, 2.05) is 55.7 Å². The number of amides is 1.